The van der Waals surface area contributed by atoms with Crippen molar-refractivity contribution in [1.29, 1.82) is 0 Å². The van der Waals surface area contributed by atoms with Crippen LogP contribution in [0.2, 0.25) is 0 Å². The van der Waals surface area contributed by atoms with E-state index in [1.54, 1.807) is 0 Å². The lowest BCUT2D eigenvalue weighted by molar-refractivity contribution is -0.136. The Hall–Kier alpha value is -1.35. The van der Waals surface area contributed by atoms with Gasteiger partial charge in [0.25, 0.3) is 0 Å². The number of carbonyl (C=O) groups is 1. The maximum absolute atomic E-state index is 12.8. The minimum absolute atomic E-state index is 0.168. The molecule has 2 aliphatic rings. The van der Waals surface area contributed by atoms with Gasteiger partial charge in [0.05, 0.1) is 12.1 Å². The molecule has 1 aromatic carbocycles. The number of nitrogens with zero attached hydrogens (tertiary/aromatic N) is 1. The lowest BCUT2D eigenvalue weighted by atomic mass is 9.86. The standard InChI is InChI=1S/C18H26N2O/c1-2-6-16(19)18(21)20(14-11-12-14)17-10-5-8-13-7-3-4-9-15(13)17/h3-4,7,9,14,16-17H,2,5-6,8,10-12,19H2,1H3. The summed E-state index contributed by atoms with van der Waals surface area (Å²) >= 11 is 0. The molecule has 0 aliphatic heterocycles. The van der Waals surface area contributed by atoms with E-state index >= 15 is 0 Å². The smallest absolute Gasteiger partial charge is 0.240 e. The number of amides is 1. The summed E-state index contributed by atoms with van der Waals surface area (Å²) in [5.41, 5.74) is 8.90. The summed E-state index contributed by atoms with van der Waals surface area (Å²) in [5.74, 6) is 0.168. The first-order valence-electron chi connectivity index (χ1n) is 8.38. The molecule has 0 saturated heterocycles. The number of fused-ring (bicyclic) bond motifs is 1. The van der Waals surface area contributed by atoms with Crippen LogP contribution in [0.3, 0.4) is 0 Å². The van der Waals surface area contributed by atoms with E-state index in [9.17, 15) is 4.79 Å². The lowest BCUT2D eigenvalue weighted by Crippen LogP contribution is -2.47. The van der Waals surface area contributed by atoms with Crippen LogP contribution in [0.5, 0.6) is 0 Å². The van der Waals surface area contributed by atoms with Crippen LogP contribution in [0.4, 0.5) is 0 Å². The van der Waals surface area contributed by atoms with Gasteiger partial charge < -0.3 is 10.6 Å². The van der Waals surface area contributed by atoms with Crippen molar-refractivity contribution in [2.45, 2.75) is 70.0 Å². The molecule has 2 N–H and O–H groups in total. The number of carbonyl (C=O) groups excluding carboxylic acids is 1. The molecule has 2 aliphatic carbocycles. The second-order valence-corrected chi connectivity index (χ2v) is 6.48. The van der Waals surface area contributed by atoms with Crippen LogP contribution in [-0.2, 0) is 11.2 Å². The van der Waals surface area contributed by atoms with Gasteiger partial charge >= 0.3 is 0 Å². The van der Waals surface area contributed by atoms with E-state index in [-0.39, 0.29) is 18.0 Å². The highest BCUT2D eigenvalue weighted by Crippen LogP contribution is 2.41. The van der Waals surface area contributed by atoms with Gasteiger partial charge in [0.2, 0.25) is 5.91 Å². The molecule has 3 rings (SSSR count). The van der Waals surface area contributed by atoms with Gasteiger partial charge in [-0.3, -0.25) is 4.79 Å². The first-order chi connectivity index (χ1) is 10.2. The summed E-state index contributed by atoms with van der Waals surface area (Å²) in [4.78, 5) is 15.0. The van der Waals surface area contributed by atoms with Gasteiger partial charge in [-0.2, -0.15) is 0 Å². The molecule has 0 spiro atoms. The minimum atomic E-state index is -0.329. The summed E-state index contributed by atoms with van der Waals surface area (Å²) in [7, 11) is 0. The zero-order chi connectivity index (χ0) is 14.8. The van der Waals surface area contributed by atoms with Gasteiger partial charge in [-0.05, 0) is 49.7 Å². The number of rotatable bonds is 5. The van der Waals surface area contributed by atoms with Crippen LogP contribution in [0.1, 0.15) is 62.6 Å². The van der Waals surface area contributed by atoms with Crippen LogP contribution in [-0.4, -0.2) is 22.9 Å². The van der Waals surface area contributed by atoms with Crippen LogP contribution in [0.15, 0.2) is 24.3 Å². The monoisotopic (exact) mass is 286 g/mol. The van der Waals surface area contributed by atoms with E-state index in [1.165, 1.54) is 17.5 Å². The van der Waals surface area contributed by atoms with E-state index in [2.05, 4.69) is 36.1 Å². The van der Waals surface area contributed by atoms with Crippen LogP contribution in [0, 0.1) is 0 Å². The SMILES string of the molecule is CCCC(N)C(=O)N(C1CC1)C1CCCc2ccccc21. The molecule has 0 bridgehead atoms. The molecule has 2 atom stereocenters. The largest absolute Gasteiger partial charge is 0.331 e. The molecule has 1 fully saturated rings. The van der Waals surface area contributed by atoms with Crippen molar-refractivity contribution in [3.05, 3.63) is 35.4 Å². The molecule has 3 heteroatoms. The maximum Gasteiger partial charge on any atom is 0.240 e. The average Bonchev–Trinajstić information content (AvgIpc) is 3.33. The predicted molar refractivity (Wildman–Crippen MR) is 84.9 cm³/mol. The molecule has 0 heterocycles. The summed E-state index contributed by atoms with van der Waals surface area (Å²) in [6, 6.07) is 8.96. The van der Waals surface area contributed by atoms with Gasteiger partial charge in [-0.1, -0.05) is 37.6 Å². The van der Waals surface area contributed by atoms with Crippen molar-refractivity contribution in [3.63, 3.8) is 0 Å². The van der Waals surface area contributed by atoms with Crippen molar-refractivity contribution in [2.24, 2.45) is 5.73 Å². The Morgan fingerprint density at radius 3 is 2.81 bits per heavy atom. The predicted octanol–water partition coefficient (Wildman–Crippen LogP) is 3.18. The van der Waals surface area contributed by atoms with Crippen molar-refractivity contribution < 1.29 is 4.79 Å². The highest BCUT2D eigenvalue weighted by atomic mass is 16.2. The van der Waals surface area contributed by atoms with E-state index in [4.69, 9.17) is 5.73 Å². The molecule has 1 saturated carbocycles. The van der Waals surface area contributed by atoms with Crippen LogP contribution >= 0.6 is 0 Å². The molecule has 0 aromatic heterocycles. The van der Waals surface area contributed by atoms with Gasteiger partial charge in [-0.15, -0.1) is 0 Å². The third-order valence-corrected chi connectivity index (χ3v) is 4.79. The minimum Gasteiger partial charge on any atom is -0.331 e. The van der Waals surface area contributed by atoms with Gasteiger partial charge in [-0.25, -0.2) is 0 Å². The number of benzene rings is 1. The molecule has 0 radical (unpaired) electrons. The van der Waals surface area contributed by atoms with Crippen LogP contribution in [0.25, 0.3) is 0 Å². The van der Waals surface area contributed by atoms with E-state index in [0.717, 1.165) is 38.5 Å². The maximum atomic E-state index is 12.8. The summed E-state index contributed by atoms with van der Waals surface area (Å²) in [6.45, 7) is 2.09. The van der Waals surface area contributed by atoms with Gasteiger partial charge in [0, 0.05) is 6.04 Å². The van der Waals surface area contributed by atoms with E-state index in [1.807, 2.05) is 0 Å². The van der Waals surface area contributed by atoms with Crippen molar-refractivity contribution in [1.82, 2.24) is 4.90 Å². The third-order valence-electron chi connectivity index (χ3n) is 4.79. The van der Waals surface area contributed by atoms with Gasteiger partial charge in [0.15, 0.2) is 0 Å². The fourth-order valence-electron chi connectivity index (χ4n) is 3.58. The Kier molecular flexibility index (Phi) is 4.29. The quantitative estimate of drug-likeness (QED) is 0.903. The first kappa shape index (κ1) is 14.6. The molecule has 2 unspecified atom stereocenters. The zero-order valence-corrected chi connectivity index (χ0v) is 12.9. The highest BCUT2D eigenvalue weighted by molar-refractivity contribution is 5.82. The summed E-state index contributed by atoms with van der Waals surface area (Å²) < 4.78 is 0. The Morgan fingerprint density at radius 2 is 2.10 bits per heavy atom. The van der Waals surface area contributed by atoms with Crippen molar-refractivity contribution >= 4 is 5.91 Å². The average molecular weight is 286 g/mol. The second-order valence-electron chi connectivity index (χ2n) is 6.48. The van der Waals surface area contributed by atoms with E-state index in [0.29, 0.717) is 6.04 Å². The van der Waals surface area contributed by atoms with Gasteiger partial charge in [0.1, 0.15) is 0 Å². The Morgan fingerprint density at radius 1 is 1.33 bits per heavy atom. The lowest BCUT2D eigenvalue weighted by Gasteiger charge is -2.37. The first-order valence-corrected chi connectivity index (χ1v) is 8.38. The Balaban J connectivity index is 1.87. The number of hydrogen-bond donors (Lipinski definition) is 1. The fourth-order valence-corrected chi connectivity index (χ4v) is 3.58. The second kappa shape index (κ2) is 6.18. The Bertz CT molecular complexity index is 510. The highest BCUT2D eigenvalue weighted by Gasteiger charge is 2.40. The van der Waals surface area contributed by atoms with Crippen molar-refractivity contribution in [3.8, 4) is 0 Å². The molecule has 1 aromatic rings. The van der Waals surface area contributed by atoms with Crippen molar-refractivity contribution in [2.75, 3.05) is 0 Å². The van der Waals surface area contributed by atoms with E-state index < -0.39 is 0 Å². The normalized spacial score (nSPS) is 22.5. The number of nitrogens with two attached hydrogens (primary N) is 1. The van der Waals surface area contributed by atoms with Crippen LogP contribution < -0.4 is 5.73 Å². The molecular weight excluding hydrogens is 260 g/mol. The molecule has 3 nitrogen and oxygen atoms in total. The Labute approximate surface area is 127 Å². The molecular formula is C18H26N2O. The topological polar surface area (TPSA) is 46.3 Å². The fraction of sp³-hybridized carbons (Fsp3) is 0.611. The number of aryl methyl sites for hydroxylation is 1. The third kappa shape index (κ3) is 2.98. The number of hydrogen-bond acceptors (Lipinski definition) is 2. The molecule has 21 heavy (non-hydrogen) atoms. The summed E-state index contributed by atoms with van der Waals surface area (Å²) in [6.07, 6.45) is 7.43. The molecule has 1 amide bonds. The zero-order valence-electron chi connectivity index (χ0n) is 12.9. The summed E-state index contributed by atoms with van der Waals surface area (Å²) in [5, 5.41) is 0. The molecule has 114 valence electrons.